The van der Waals surface area contributed by atoms with Crippen LogP contribution in [0.25, 0.3) is 0 Å². The molecule has 31 heavy (non-hydrogen) atoms. The van der Waals surface area contributed by atoms with Crippen LogP contribution in [0.1, 0.15) is 12.8 Å². The summed E-state index contributed by atoms with van der Waals surface area (Å²) < 4.78 is 52.2. The molecule has 166 valence electrons. The molecule has 7 nitrogen and oxygen atoms in total. The van der Waals surface area contributed by atoms with Crippen LogP contribution in [0.3, 0.4) is 0 Å². The highest BCUT2D eigenvalue weighted by Gasteiger charge is 2.50. The molecule has 4 rings (SSSR count). The number of piperidine rings is 1. The van der Waals surface area contributed by atoms with Crippen LogP contribution >= 0.6 is 11.6 Å². The summed E-state index contributed by atoms with van der Waals surface area (Å²) in [5.74, 6) is -0.142. The van der Waals surface area contributed by atoms with E-state index in [-0.39, 0.29) is 30.6 Å². The van der Waals surface area contributed by atoms with Crippen molar-refractivity contribution in [2.24, 2.45) is 0 Å². The van der Waals surface area contributed by atoms with Crippen LogP contribution in [-0.2, 0) is 19.6 Å². The van der Waals surface area contributed by atoms with Gasteiger partial charge in [-0.25, -0.2) is 12.8 Å². The van der Waals surface area contributed by atoms with Crippen molar-refractivity contribution in [3.05, 3.63) is 59.4 Å². The summed E-state index contributed by atoms with van der Waals surface area (Å²) in [6.45, 7) is 1.06. The van der Waals surface area contributed by atoms with Crippen molar-refractivity contribution >= 4 is 27.5 Å². The van der Waals surface area contributed by atoms with Gasteiger partial charge in [0.2, 0.25) is 10.0 Å². The maximum absolute atomic E-state index is 13.2. The number of halogens is 2. The molecule has 2 aromatic carbocycles. The first-order valence-corrected chi connectivity index (χ1v) is 11.7. The Hall–Kier alpha value is -2.20. The Morgan fingerprint density at radius 2 is 1.71 bits per heavy atom. The Morgan fingerprint density at radius 1 is 1.06 bits per heavy atom. The second-order valence-electron chi connectivity index (χ2n) is 7.45. The normalized spacial score (nSPS) is 19.0. The highest BCUT2D eigenvalue weighted by atomic mass is 35.5. The Labute approximate surface area is 185 Å². The van der Waals surface area contributed by atoms with E-state index in [1.54, 1.807) is 29.2 Å². The Kier molecular flexibility index (Phi) is 6.20. The minimum absolute atomic E-state index is 0.0219. The van der Waals surface area contributed by atoms with E-state index in [0.29, 0.717) is 36.7 Å². The van der Waals surface area contributed by atoms with Gasteiger partial charge >= 0.3 is 0 Å². The number of amides is 1. The number of likely N-dealkylation sites (tertiary alicyclic amines) is 1. The van der Waals surface area contributed by atoms with E-state index in [1.165, 1.54) is 16.4 Å². The topological polar surface area (TPSA) is 76.2 Å². The SMILES string of the molecule is O=C(COc1ccc(Cl)cc1)N1CCC2(CC1)OCCN2S(=O)(=O)c1ccc(F)cc1. The van der Waals surface area contributed by atoms with Gasteiger partial charge in [0.25, 0.3) is 5.91 Å². The van der Waals surface area contributed by atoms with Gasteiger partial charge in [-0.05, 0) is 48.5 Å². The van der Waals surface area contributed by atoms with Crippen LogP contribution in [0.2, 0.25) is 5.02 Å². The zero-order chi connectivity index (χ0) is 22.1. The van der Waals surface area contributed by atoms with Crippen molar-refractivity contribution in [1.82, 2.24) is 9.21 Å². The average molecular weight is 469 g/mol. The minimum atomic E-state index is -3.85. The highest BCUT2D eigenvalue weighted by molar-refractivity contribution is 7.89. The van der Waals surface area contributed by atoms with E-state index in [0.717, 1.165) is 12.1 Å². The molecule has 0 aliphatic carbocycles. The number of rotatable bonds is 5. The third kappa shape index (κ3) is 4.55. The third-order valence-electron chi connectivity index (χ3n) is 5.59. The lowest BCUT2D eigenvalue weighted by atomic mass is 10.0. The molecule has 2 heterocycles. The van der Waals surface area contributed by atoms with Gasteiger partial charge in [-0.15, -0.1) is 0 Å². The number of benzene rings is 2. The molecule has 2 saturated heterocycles. The fraction of sp³-hybridized carbons (Fsp3) is 0.381. The molecule has 2 fully saturated rings. The van der Waals surface area contributed by atoms with Crippen molar-refractivity contribution in [1.29, 1.82) is 0 Å². The summed E-state index contributed by atoms with van der Waals surface area (Å²) in [5, 5.41) is 0.580. The van der Waals surface area contributed by atoms with E-state index in [4.69, 9.17) is 21.1 Å². The fourth-order valence-electron chi connectivity index (χ4n) is 3.93. The molecular weight excluding hydrogens is 447 g/mol. The van der Waals surface area contributed by atoms with E-state index in [1.807, 2.05) is 0 Å². The summed E-state index contributed by atoms with van der Waals surface area (Å²) in [6.07, 6.45) is 0.695. The molecular formula is C21H22ClFN2O5S. The maximum Gasteiger partial charge on any atom is 0.260 e. The molecule has 1 spiro atoms. The maximum atomic E-state index is 13.2. The Balaban J connectivity index is 1.39. The average Bonchev–Trinajstić information content (AvgIpc) is 3.18. The molecule has 2 aromatic rings. The van der Waals surface area contributed by atoms with Crippen molar-refractivity contribution in [2.75, 3.05) is 32.8 Å². The van der Waals surface area contributed by atoms with Crippen molar-refractivity contribution in [3.63, 3.8) is 0 Å². The second-order valence-corrected chi connectivity index (χ2v) is 9.75. The molecule has 2 aliphatic rings. The summed E-state index contributed by atoms with van der Waals surface area (Å²) in [6, 6.07) is 11.5. The lowest BCUT2D eigenvalue weighted by Gasteiger charge is -2.42. The van der Waals surface area contributed by atoms with E-state index >= 15 is 0 Å². The number of nitrogens with zero attached hydrogens (tertiary/aromatic N) is 2. The highest BCUT2D eigenvalue weighted by Crippen LogP contribution is 2.38. The largest absolute Gasteiger partial charge is 0.484 e. The van der Waals surface area contributed by atoms with Crippen molar-refractivity contribution in [2.45, 2.75) is 23.5 Å². The smallest absolute Gasteiger partial charge is 0.260 e. The number of carbonyl (C=O) groups excluding carboxylic acids is 1. The molecule has 0 saturated carbocycles. The zero-order valence-corrected chi connectivity index (χ0v) is 18.2. The second kappa shape index (κ2) is 8.74. The van der Waals surface area contributed by atoms with Gasteiger partial charge in [0.1, 0.15) is 17.3 Å². The van der Waals surface area contributed by atoms with Crippen LogP contribution in [0.5, 0.6) is 5.75 Å². The Bertz CT molecular complexity index is 1040. The number of carbonyl (C=O) groups is 1. The number of hydrogen-bond acceptors (Lipinski definition) is 5. The molecule has 2 aliphatic heterocycles. The van der Waals surface area contributed by atoms with Gasteiger partial charge in [0, 0.05) is 37.5 Å². The van der Waals surface area contributed by atoms with Gasteiger partial charge in [0.15, 0.2) is 6.61 Å². The van der Waals surface area contributed by atoms with Gasteiger partial charge in [-0.1, -0.05) is 11.6 Å². The molecule has 0 bridgehead atoms. The first-order valence-electron chi connectivity index (χ1n) is 9.89. The first kappa shape index (κ1) is 22.0. The molecule has 0 N–H and O–H groups in total. The van der Waals surface area contributed by atoms with Gasteiger partial charge < -0.3 is 14.4 Å². The first-order chi connectivity index (χ1) is 14.8. The Morgan fingerprint density at radius 3 is 2.35 bits per heavy atom. The van der Waals surface area contributed by atoms with Crippen LogP contribution in [-0.4, -0.2) is 62.1 Å². The van der Waals surface area contributed by atoms with Crippen LogP contribution in [0.4, 0.5) is 4.39 Å². The minimum Gasteiger partial charge on any atom is -0.484 e. The predicted octanol–water partition coefficient (Wildman–Crippen LogP) is 2.90. The predicted molar refractivity (Wildman–Crippen MR) is 112 cm³/mol. The fourth-order valence-corrected chi connectivity index (χ4v) is 5.78. The van der Waals surface area contributed by atoms with Crippen molar-refractivity contribution in [3.8, 4) is 5.75 Å². The summed E-state index contributed by atoms with van der Waals surface area (Å²) in [5.41, 5.74) is -0.999. The monoisotopic (exact) mass is 468 g/mol. The number of sulfonamides is 1. The van der Waals surface area contributed by atoms with Crippen molar-refractivity contribution < 1.29 is 27.1 Å². The van der Waals surface area contributed by atoms with E-state index < -0.39 is 21.6 Å². The number of ether oxygens (including phenoxy) is 2. The lowest BCUT2D eigenvalue weighted by molar-refractivity contribution is -0.142. The molecule has 1 amide bonds. The third-order valence-corrected chi connectivity index (χ3v) is 7.81. The van der Waals surface area contributed by atoms with Crippen LogP contribution < -0.4 is 4.74 Å². The van der Waals surface area contributed by atoms with E-state index in [2.05, 4.69) is 0 Å². The zero-order valence-electron chi connectivity index (χ0n) is 16.7. The van der Waals surface area contributed by atoms with Gasteiger partial charge in [-0.2, -0.15) is 4.31 Å². The van der Waals surface area contributed by atoms with Gasteiger partial charge in [-0.3, -0.25) is 4.79 Å². The molecule has 0 unspecified atom stereocenters. The summed E-state index contributed by atoms with van der Waals surface area (Å²) in [4.78, 5) is 14.2. The standard InChI is InChI=1S/C21H22ClFN2O5S/c22-16-1-5-18(6-2-16)29-15-20(26)24-11-9-21(10-12-24)25(13-14-30-21)31(27,28)19-7-3-17(23)4-8-19/h1-8H,9-15H2. The molecule has 0 radical (unpaired) electrons. The molecule has 0 atom stereocenters. The van der Waals surface area contributed by atoms with Crippen LogP contribution in [0.15, 0.2) is 53.4 Å². The molecule has 10 heteroatoms. The van der Waals surface area contributed by atoms with Crippen LogP contribution in [0, 0.1) is 5.82 Å². The number of hydrogen-bond donors (Lipinski definition) is 0. The van der Waals surface area contributed by atoms with E-state index in [9.17, 15) is 17.6 Å². The quantitative estimate of drug-likeness (QED) is 0.674. The van der Waals surface area contributed by atoms with Gasteiger partial charge in [0.05, 0.1) is 11.5 Å². The lowest BCUT2D eigenvalue weighted by Crippen LogP contribution is -2.56. The summed E-state index contributed by atoms with van der Waals surface area (Å²) in [7, 11) is -3.85. The molecule has 0 aromatic heterocycles. The summed E-state index contributed by atoms with van der Waals surface area (Å²) >= 11 is 5.84.